The van der Waals surface area contributed by atoms with Crippen LogP contribution in [0.1, 0.15) is 13.8 Å². The second-order valence-corrected chi connectivity index (χ2v) is 4.43. The lowest BCUT2D eigenvalue weighted by Gasteiger charge is -2.16. The minimum atomic E-state index is 0.280. The number of carbonyl (C=O) groups excluding carboxylic acids is 1. The Kier molecular flexibility index (Phi) is 6.19. The molecule has 0 unspecified atom stereocenters. The Labute approximate surface area is 130 Å². The summed E-state index contributed by atoms with van der Waals surface area (Å²) in [6.07, 6.45) is 2.43. The van der Waals surface area contributed by atoms with Gasteiger partial charge in [-0.05, 0) is 31.6 Å². The summed E-state index contributed by atoms with van der Waals surface area (Å²) in [5, 5.41) is 5.43. The van der Waals surface area contributed by atoms with Gasteiger partial charge in [-0.15, -0.1) is 0 Å². The van der Waals surface area contributed by atoms with Crippen molar-refractivity contribution < 1.29 is 14.3 Å². The van der Waals surface area contributed by atoms with Gasteiger partial charge < -0.3 is 15.2 Å². The molecule has 6 heteroatoms. The van der Waals surface area contributed by atoms with E-state index in [0.29, 0.717) is 29.3 Å². The van der Waals surface area contributed by atoms with E-state index >= 15 is 0 Å². The Balaban J connectivity index is 3.31. The average Bonchev–Trinajstić information content (AvgIpc) is 2.54. The average molecular weight is 303 g/mol. The maximum atomic E-state index is 11.4. The molecule has 2 N–H and O–H groups in total. The SMILES string of the molecule is C=C(N)C(=N\N(C=O)c1ccc(OC)c(OC)c1)/C(C)=C\C. The van der Waals surface area contributed by atoms with Crippen LogP contribution < -0.4 is 20.2 Å². The number of anilines is 1. The van der Waals surface area contributed by atoms with Gasteiger partial charge in [-0.1, -0.05) is 12.7 Å². The third-order valence-corrected chi connectivity index (χ3v) is 3.05. The fraction of sp³-hybridized carbons (Fsp3) is 0.250. The fourth-order valence-electron chi connectivity index (χ4n) is 1.75. The molecule has 1 amide bonds. The van der Waals surface area contributed by atoms with Crippen LogP contribution >= 0.6 is 0 Å². The zero-order valence-corrected chi connectivity index (χ0v) is 13.3. The maximum absolute atomic E-state index is 11.4. The largest absolute Gasteiger partial charge is 0.493 e. The number of methoxy groups -OCH3 is 2. The van der Waals surface area contributed by atoms with E-state index in [9.17, 15) is 4.79 Å². The van der Waals surface area contributed by atoms with Crippen LogP contribution in [-0.4, -0.2) is 26.3 Å². The second-order valence-electron chi connectivity index (χ2n) is 4.43. The van der Waals surface area contributed by atoms with Gasteiger partial charge in [0.25, 0.3) is 0 Å². The third-order valence-electron chi connectivity index (χ3n) is 3.05. The number of hydrazone groups is 1. The van der Waals surface area contributed by atoms with E-state index in [-0.39, 0.29) is 5.70 Å². The second kappa shape index (κ2) is 7.87. The lowest BCUT2D eigenvalue weighted by molar-refractivity contribution is -0.107. The van der Waals surface area contributed by atoms with E-state index < -0.39 is 0 Å². The summed E-state index contributed by atoms with van der Waals surface area (Å²) < 4.78 is 10.4. The van der Waals surface area contributed by atoms with E-state index in [4.69, 9.17) is 15.2 Å². The highest BCUT2D eigenvalue weighted by molar-refractivity contribution is 6.11. The monoisotopic (exact) mass is 303 g/mol. The molecular weight excluding hydrogens is 282 g/mol. The van der Waals surface area contributed by atoms with Gasteiger partial charge in [0.1, 0.15) is 5.71 Å². The van der Waals surface area contributed by atoms with Crippen LogP contribution in [0.25, 0.3) is 0 Å². The van der Waals surface area contributed by atoms with Crippen molar-refractivity contribution in [3.63, 3.8) is 0 Å². The van der Waals surface area contributed by atoms with Gasteiger partial charge in [0.15, 0.2) is 11.5 Å². The number of rotatable bonds is 7. The standard InChI is InChI=1S/C16H21N3O3/c1-6-11(2)16(12(3)17)18-19(10-20)13-7-8-14(21-4)15(9-13)22-5/h6-10H,3,17H2,1-2,4-5H3/b11-6-,18-16-. The Morgan fingerprint density at radius 1 is 1.32 bits per heavy atom. The van der Waals surface area contributed by atoms with E-state index in [1.54, 1.807) is 25.3 Å². The zero-order chi connectivity index (χ0) is 16.7. The molecule has 1 aromatic carbocycles. The summed E-state index contributed by atoms with van der Waals surface area (Å²) in [5.41, 5.74) is 7.81. The topological polar surface area (TPSA) is 77.2 Å². The summed E-state index contributed by atoms with van der Waals surface area (Å²) in [6.45, 7) is 7.38. The van der Waals surface area contributed by atoms with Gasteiger partial charge in [-0.25, -0.2) is 5.01 Å². The predicted molar refractivity (Wildman–Crippen MR) is 88.3 cm³/mol. The molecule has 22 heavy (non-hydrogen) atoms. The highest BCUT2D eigenvalue weighted by Crippen LogP contribution is 2.31. The van der Waals surface area contributed by atoms with Crippen molar-refractivity contribution in [2.24, 2.45) is 10.8 Å². The van der Waals surface area contributed by atoms with Crippen molar-refractivity contribution in [2.75, 3.05) is 19.2 Å². The van der Waals surface area contributed by atoms with Gasteiger partial charge in [-0.3, -0.25) is 4.79 Å². The van der Waals surface area contributed by atoms with Crippen molar-refractivity contribution in [1.29, 1.82) is 0 Å². The molecule has 0 radical (unpaired) electrons. The Morgan fingerprint density at radius 3 is 2.41 bits per heavy atom. The van der Waals surface area contributed by atoms with Crippen molar-refractivity contribution >= 4 is 17.8 Å². The summed E-state index contributed by atoms with van der Waals surface area (Å²) in [5.74, 6) is 1.06. The Hall–Kier alpha value is -2.76. The van der Waals surface area contributed by atoms with Crippen LogP contribution in [0.3, 0.4) is 0 Å². The zero-order valence-electron chi connectivity index (χ0n) is 13.3. The Bertz CT molecular complexity index is 621. The minimum absolute atomic E-state index is 0.280. The molecule has 0 aromatic heterocycles. The molecule has 1 rings (SSSR count). The van der Waals surface area contributed by atoms with E-state index in [0.717, 1.165) is 5.57 Å². The minimum Gasteiger partial charge on any atom is -0.493 e. The van der Waals surface area contributed by atoms with Crippen LogP contribution in [0, 0.1) is 0 Å². The number of carbonyl (C=O) groups is 1. The number of hydrogen-bond acceptors (Lipinski definition) is 5. The van der Waals surface area contributed by atoms with Crippen LogP contribution in [0.4, 0.5) is 5.69 Å². The summed E-state index contributed by atoms with van der Waals surface area (Å²) >= 11 is 0. The van der Waals surface area contributed by atoms with Crippen LogP contribution in [0.2, 0.25) is 0 Å². The number of hydrogen-bond donors (Lipinski definition) is 1. The number of nitrogens with zero attached hydrogens (tertiary/aromatic N) is 2. The fourth-order valence-corrected chi connectivity index (χ4v) is 1.75. The normalized spacial score (nSPS) is 11.8. The number of allylic oxidation sites excluding steroid dienone is 2. The molecule has 0 aliphatic heterocycles. The van der Waals surface area contributed by atoms with Crippen molar-refractivity contribution in [2.45, 2.75) is 13.8 Å². The summed E-state index contributed by atoms with van der Waals surface area (Å²) in [4.78, 5) is 11.4. The van der Waals surface area contributed by atoms with Crippen molar-refractivity contribution in [3.8, 4) is 11.5 Å². The molecule has 0 saturated carbocycles. The molecule has 0 atom stereocenters. The van der Waals surface area contributed by atoms with Gasteiger partial charge in [-0.2, -0.15) is 5.10 Å². The predicted octanol–water partition coefficient (Wildman–Crippen LogP) is 2.46. The smallest absolute Gasteiger partial charge is 0.234 e. The van der Waals surface area contributed by atoms with Gasteiger partial charge in [0.2, 0.25) is 6.41 Å². The molecule has 0 fully saturated rings. The van der Waals surface area contributed by atoms with Crippen LogP contribution in [0.15, 0.2) is 47.2 Å². The van der Waals surface area contributed by atoms with Crippen LogP contribution in [-0.2, 0) is 4.79 Å². The lowest BCUT2D eigenvalue weighted by Crippen LogP contribution is -2.21. The molecule has 6 nitrogen and oxygen atoms in total. The Morgan fingerprint density at radius 2 is 1.95 bits per heavy atom. The van der Waals surface area contributed by atoms with Gasteiger partial charge >= 0.3 is 0 Å². The van der Waals surface area contributed by atoms with Gasteiger partial charge in [0, 0.05) is 6.07 Å². The summed E-state index contributed by atoms with van der Waals surface area (Å²) in [6, 6.07) is 5.04. The number of nitrogens with two attached hydrogens (primary N) is 1. The van der Waals surface area contributed by atoms with Crippen molar-refractivity contribution in [3.05, 3.63) is 42.1 Å². The lowest BCUT2D eigenvalue weighted by atomic mass is 10.1. The van der Waals surface area contributed by atoms with E-state index in [1.165, 1.54) is 12.1 Å². The maximum Gasteiger partial charge on any atom is 0.234 e. The molecular formula is C16H21N3O3. The molecule has 1 aromatic rings. The molecule has 0 aliphatic carbocycles. The quantitative estimate of drug-likeness (QED) is 0.477. The molecule has 0 spiro atoms. The van der Waals surface area contributed by atoms with E-state index in [2.05, 4.69) is 11.7 Å². The molecule has 0 heterocycles. The first-order valence-electron chi connectivity index (χ1n) is 6.61. The number of ether oxygens (including phenoxy) is 2. The number of benzene rings is 1. The van der Waals surface area contributed by atoms with Crippen LogP contribution in [0.5, 0.6) is 11.5 Å². The van der Waals surface area contributed by atoms with Gasteiger partial charge in [0.05, 0.1) is 25.6 Å². The highest BCUT2D eigenvalue weighted by Gasteiger charge is 2.12. The first kappa shape index (κ1) is 17.3. The molecule has 0 saturated heterocycles. The first-order chi connectivity index (χ1) is 10.5. The third kappa shape index (κ3) is 3.88. The highest BCUT2D eigenvalue weighted by atomic mass is 16.5. The molecule has 118 valence electrons. The molecule has 0 aliphatic rings. The van der Waals surface area contributed by atoms with E-state index in [1.807, 2.05) is 19.9 Å². The van der Waals surface area contributed by atoms with Crippen molar-refractivity contribution in [1.82, 2.24) is 0 Å². The molecule has 0 bridgehead atoms. The first-order valence-corrected chi connectivity index (χ1v) is 6.61. The summed E-state index contributed by atoms with van der Waals surface area (Å²) in [7, 11) is 3.06. The number of amides is 1.